The average Bonchev–Trinajstić information content (AvgIpc) is 3.51. The Labute approximate surface area is 260 Å². The van der Waals surface area contributed by atoms with Crippen LogP contribution < -0.4 is 19.6 Å². The summed E-state index contributed by atoms with van der Waals surface area (Å²) in [6, 6.07) is 12.3. The fraction of sp³-hybridized carbons (Fsp3) is 0.207. The van der Waals surface area contributed by atoms with E-state index in [0.717, 1.165) is 15.8 Å². The molecule has 3 heterocycles. The van der Waals surface area contributed by atoms with Crippen molar-refractivity contribution in [2.24, 2.45) is 4.99 Å². The lowest BCUT2D eigenvalue weighted by Crippen LogP contribution is -2.40. The third-order valence-corrected chi connectivity index (χ3v) is 8.53. The molecule has 216 valence electrons. The largest absolute Gasteiger partial charge is 0.496 e. The maximum atomic E-state index is 14.0. The second kappa shape index (κ2) is 11.8. The Balaban J connectivity index is 1.65. The highest BCUT2D eigenvalue weighted by Crippen LogP contribution is 2.38. The number of halogens is 2. The van der Waals surface area contributed by atoms with Crippen molar-refractivity contribution in [1.29, 1.82) is 0 Å². The SMILES string of the molecule is COc1ccc(Br)cc1[C@H]1C(C(=O)OC(C)C)=C(C)N=c2s/c(=C\c3ccc(-c4ccc([N+](=O)[O-])cc4Br)o3)c(=O)n21. The van der Waals surface area contributed by atoms with Crippen LogP contribution in [0.15, 0.2) is 83.0 Å². The highest BCUT2D eigenvalue weighted by atomic mass is 79.9. The number of carbonyl (C=O) groups is 1. The zero-order chi connectivity index (χ0) is 30.3. The molecule has 0 bridgehead atoms. The Hall–Kier alpha value is -3.81. The van der Waals surface area contributed by atoms with E-state index in [4.69, 9.17) is 13.9 Å². The maximum Gasteiger partial charge on any atom is 0.338 e. The summed E-state index contributed by atoms with van der Waals surface area (Å²) in [5, 5.41) is 11.1. The van der Waals surface area contributed by atoms with E-state index < -0.39 is 16.9 Å². The summed E-state index contributed by atoms with van der Waals surface area (Å²) in [6.45, 7) is 5.22. The molecular weight excluding hydrogens is 694 g/mol. The maximum absolute atomic E-state index is 14.0. The first-order chi connectivity index (χ1) is 20.0. The Bertz CT molecular complexity index is 1960. The molecule has 5 rings (SSSR count). The molecule has 4 aromatic rings. The summed E-state index contributed by atoms with van der Waals surface area (Å²) in [6.07, 6.45) is 1.23. The molecule has 0 fully saturated rings. The molecule has 1 atom stereocenters. The molecule has 0 spiro atoms. The molecule has 2 aromatic carbocycles. The number of hydrogen-bond acceptors (Lipinski definition) is 9. The van der Waals surface area contributed by atoms with Crippen molar-refractivity contribution in [3.63, 3.8) is 0 Å². The second-order valence-corrected chi connectivity index (χ2v) is 12.3. The van der Waals surface area contributed by atoms with E-state index in [-0.39, 0.29) is 22.9 Å². The van der Waals surface area contributed by atoms with Gasteiger partial charge in [-0.2, -0.15) is 0 Å². The molecule has 0 aliphatic carbocycles. The van der Waals surface area contributed by atoms with Crippen molar-refractivity contribution >= 4 is 60.9 Å². The molecule has 0 unspecified atom stereocenters. The number of carbonyl (C=O) groups excluding carboxylic acids is 1. The number of thiazole rings is 1. The number of fused-ring (bicyclic) bond motifs is 1. The summed E-state index contributed by atoms with van der Waals surface area (Å²) in [5.41, 5.74) is 1.45. The summed E-state index contributed by atoms with van der Waals surface area (Å²) in [5.74, 6) is 0.776. The van der Waals surface area contributed by atoms with Crippen LogP contribution in [0.25, 0.3) is 17.4 Å². The Morgan fingerprint density at radius 3 is 2.62 bits per heavy atom. The van der Waals surface area contributed by atoms with Crippen LogP contribution in [0.1, 0.15) is 38.1 Å². The molecule has 1 aliphatic rings. The highest BCUT2D eigenvalue weighted by molar-refractivity contribution is 9.10. The molecule has 0 saturated carbocycles. The van der Waals surface area contributed by atoms with Crippen LogP contribution in [0.2, 0.25) is 0 Å². The van der Waals surface area contributed by atoms with Gasteiger partial charge in [0.05, 0.1) is 33.9 Å². The number of furan rings is 1. The first kappa shape index (κ1) is 29.7. The van der Waals surface area contributed by atoms with Crippen LogP contribution in [-0.4, -0.2) is 28.7 Å². The van der Waals surface area contributed by atoms with E-state index in [0.29, 0.717) is 47.9 Å². The molecule has 0 saturated heterocycles. The molecule has 0 radical (unpaired) electrons. The minimum absolute atomic E-state index is 0.0536. The minimum atomic E-state index is -0.856. The van der Waals surface area contributed by atoms with Crippen LogP contribution in [0, 0.1) is 10.1 Å². The normalized spacial score (nSPS) is 15.0. The van der Waals surface area contributed by atoms with Gasteiger partial charge >= 0.3 is 5.97 Å². The second-order valence-electron chi connectivity index (χ2n) is 9.55. The third-order valence-electron chi connectivity index (χ3n) is 6.40. The Kier molecular flexibility index (Phi) is 8.35. The lowest BCUT2D eigenvalue weighted by atomic mass is 9.95. The van der Waals surface area contributed by atoms with Crippen molar-refractivity contribution in [1.82, 2.24) is 4.57 Å². The van der Waals surface area contributed by atoms with Gasteiger partial charge < -0.3 is 13.9 Å². The van der Waals surface area contributed by atoms with Crippen LogP contribution in [0.3, 0.4) is 0 Å². The lowest BCUT2D eigenvalue weighted by Gasteiger charge is -2.26. The van der Waals surface area contributed by atoms with E-state index in [1.165, 1.54) is 23.8 Å². The lowest BCUT2D eigenvalue weighted by molar-refractivity contribution is -0.384. The monoisotopic (exact) mass is 715 g/mol. The summed E-state index contributed by atoms with van der Waals surface area (Å²) >= 11 is 8.03. The number of nitrogens with zero attached hydrogens (tertiary/aromatic N) is 3. The van der Waals surface area contributed by atoms with Crippen molar-refractivity contribution in [2.75, 3.05) is 7.11 Å². The number of nitro benzene ring substituents is 1. The van der Waals surface area contributed by atoms with Gasteiger partial charge in [0.25, 0.3) is 11.2 Å². The summed E-state index contributed by atoms with van der Waals surface area (Å²) < 4.78 is 20.2. The topological polar surface area (TPSA) is 126 Å². The first-order valence-electron chi connectivity index (χ1n) is 12.6. The van der Waals surface area contributed by atoms with Gasteiger partial charge in [-0.25, -0.2) is 9.79 Å². The van der Waals surface area contributed by atoms with E-state index in [1.807, 2.05) is 12.1 Å². The molecule has 10 nitrogen and oxygen atoms in total. The number of aromatic nitrogens is 1. The number of ether oxygens (including phenoxy) is 2. The quantitative estimate of drug-likeness (QED) is 0.133. The molecule has 0 amide bonds. The van der Waals surface area contributed by atoms with Gasteiger partial charge in [0.2, 0.25) is 0 Å². The Morgan fingerprint density at radius 2 is 1.95 bits per heavy atom. The smallest absolute Gasteiger partial charge is 0.338 e. The van der Waals surface area contributed by atoms with Gasteiger partial charge in [-0.15, -0.1) is 0 Å². The van der Waals surface area contributed by atoms with E-state index >= 15 is 0 Å². The molecule has 2 aromatic heterocycles. The summed E-state index contributed by atoms with van der Waals surface area (Å²) in [7, 11) is 1.52. The molecule has 13 heteroatoms. The third kappa shape index (κ3) is 5.63. The number of nitro groups is 1. The van der Waals surface area contributed by atoms with Crippen molar-refractivity contribution < 1.29 is 23.6 Å². The standard InChI is InChI=1S/C29H23Br2N3O7S/c1-14(2)40-28(36)25-15(3)32-29-33(26(25)20-11-16(30)5-9-22(20)39-4)27(35)24(42-29)13-18-7-10-23(41-18)19-8-6-17(34(37)38)12-21(19)31/h5-14,26H,1-4H3/b24-13-/t26-/m0/s1. The summed E-state index contributed by atoms with van der Waals surface area (Å²) in [4.78, 5) is 43.0. The molecule has 42 heavy (non-hydrogen) atoms. The fourth-order valence-electron chi connectivity index (χ4n) is 4.60. The number of non-ortho nitro benzene ring substituents is 1. The average molecular weight is 717 g/mol. The number of methoxy groups -OCH3 is 1. The van der Waals surface area contributed by atoms with E-state index in [2.05, 4.69) is 36.9 Å². The zero-order valence-electron chi connectivity index (χ0n) is 22.7. The van der Waals surface area contributed by atoms with Gasteiger partial charge in [-0.05, 0) is 73.1 Å². The fourth-order valence-corrected chi connectivity index (χ4v) is 6.56. The number of esters is 1. The zero-order valence-corrected chi connectivity index (χ0v) is 26.7. The number of allylic oxidation sites excluding steroid dienone is 1. The van der Waals surface area contributed by atoms with Crippen molar-refractivity contribution in [3.05, 3.63) is 110 Å². The van der Waals surface area contributed by atoms with Gasteiger partial charge in [-0.1, -0.05) is 27.3 Å². The number of rotatable bonds is 7. The molecular formula is C29H23Br2N3O7S. The predicted octanol–water partition coefficient (Wildman–Crippen LogP) is 5.89. The van der Waals surface area contributed by atoms with Crippen molar-refractivity contribution in [3.8, 4) is 17.1 Å². The van der Waals surface area contributed by atoms with Crippen LogP contribution in [0.4, 0.5) is 5.69 Å². The highest BCUT2D eigenvalue weighted by Gasteiger charge is 2.35. The number of benzene rings is 2. The minimum Gasteiger partial charge on any atom is -0.496 e. The van der Waals surface area contributed by atoms with Crippen LogP contribution in [0.5, 0.6) is 5.75 Å². The van der Waals surface area contributed by atoms with Crippen LogP contribution >= 0.6 is 43.2 Å². The van der Waals surface area contributed by atoms with E-state index in [9.17, 15) is 19.7 Å². The first-order valence-corrected chi connectivity index (χ1v) is 15.0. The van der Waals surface area contributed by atoms with E-state index in [1.54, 1.807) is 51.1 Å². The van der Waals surface area contributed by atoms with Crippen LogP contribution in [-0.2, 0) is 9.53 Å². The van der Waals surface area contributed by atoms with Crippen molar-refractivity contribution in [2.45, 2.75) is 32.9 Å². The van der Waals surface area contributed by atoms with Gasteiger partial charge in [0.15, 0.2) is 4.80 Å². The number of hydrogen-bond donors (Lipinski definition) is 0. The predicted molar refractivity (Wildman–Crippen MR) is 164 cm³/mol. The van der Waals surface area contributed by atoms with Gasteiger partial charge in [0, 0.05) is 38.3 Å². The molecule has 0 N–H and O–H groups in total. The Morgan fingerprint density at radius 1 is 1.19 bits per heavy atom. The van der Waals surface area contributed by atoms with Gasteiger partial charge in [0.1, 0.15) is 23.3 Å². The molecule has 1 aliphatic heterocycles. The van der Waals surface area contributed by atoms with Gasteiger partial charge in [-0.3, -0.25) is 19.5 Å².